The summed E-state index contributed by atoms with van der Waals surface area (Å²) >= 11 is 5.65. The molecule has 0 fully saturated rings. The fourth-order valence-corrected chi connectivity index (χ4v) is 1.15. The number of hydrogen-bond donors (Lipinski definition) is 0. The summed E-state index contributed by atoms with van der Waals surface area (Å²) in [6.07, 6.45) is 2.12. The van der Waals surface area contributed by atoms with E-state index < -0.39 is 0 Å². The molecule has 0 atom stereocenters. The first kappa shape index (κ1) is 9.20. The zero-order valence-electron chi connectivity index (χ0n) is 7.10. The van der Waals surface area contributed by atoms with E-state index in [9.17, 15) is 4.79 Å². The van der Waals surface area contributed by atoms with Crippen LogP contribution in [-0.2, 0) is 0 Å². The summed E-state index contributed by atoms with van der Waals surface area (Å²) in [6, 6.07) is 1.61. The Kier molecular flexibility index (Phi) is 2.82. The molecule has 2 nitrogen and oxygen atoms in total. The number of aromatic nitrogens is 1. The summed E-state index contributed by atoms with van der Waals surface area (Å²) < 4.78 is 0. The van der Waals surface area contributed by atoms with Crippen LogP contribution in [0.3, 0.4) is 0 Å². The lowest BCUT2D eigenvalue weighted by Crippen LogP contribution is -2.00. The maximum absolute atomic E-state index is 11.3. The van der Waals surface area contributed by atoms with Crippen molar-refractivity contribution < 1.29 is 4.79 Å². The van der Waals surface area contributed by atoms with E-state index in [1.54, 1.807) is 12.3 Å². The first-order chi connectivity index (χ1) is 5.65. The molecule has 3 heteroatoms. The van der Waals surface area contributed by atoms with Crippen molar-refractivity contribution in [3.05, 3.63) is 28.5 Å². The zero-order chi connectivity index (χ0) is 9.14. The van der Waals surface area contributed by atoms with E-state index in [1.165, 1.54) is 0 Å². The van der Waals surface area contributed by atoms with Crippen LogP contribution in [0.25, 0.3) is 0 Å². The first-order valence-electron chi connectivity index (χ1n) is 3.80. The van der Waals surface area contributed by atoms with Gasteiger partial charge in [-0.1, -0.05) is 18.5 Å². The molecule has 0 saturated carbocycles. The number of aryl methyl sites for hydroxylation is 1. The summed E-state index contributed by atoms with van der Waals surface area (Å²) in [4.78, 5) is 15.2. The van der Waals surface area contributed by atoms with Crippen LogP contribution in [0.5, 0.6) is 0 Å². The minimum Gasteiger partial charge on any atom is -0.294 e. The van der Waals surface area contributed by atoms with Crippen molar-refractivity contribution in [3.8, 4) is 0 Å². The zero-order valence-corrected chi connectivity index (χ0v) is 7.85. The largest absolute Gasteiger partial charge is 0.294 e. The quantitative estimate of drug-likeness (QED) is 0.521. The van der Waals surface area contributed by atoms with E-state index in [1.807, 2.05) is 13.8 Å². The van der Waals surface area contributed by atoms with Crippen LogP contribution in [0.15, 0.2) is 12.3 Å². The molecule has 0 amide bonds. The van der Waals surface area contributed by atoms with Crippen molar-refractivity contribution >= 4 is 17.4 Å². The van der Waals surface area contributed by atoms with Gasteiger partial charge in [0.15, 0.2) is 5.78 Å². The third-order valence-electron chi connectivity index (χ3n) is 1.69. The van der Waals surface area contributed by atoms with Crippen LogP contribution in [0.1, 0.15) is 29.3 Å². The lowest BCUT2D eigenvalue weighted by Gasteiger charge is -2.01. The van der Waals surface area contributed by atoms with Crippen molar-refractivity contribution in [3.63, 3.8) is 0 Å². The molecule has 1 heterocycles. The third-order valence-corrected chi connectivity index (χ3v) is 1.90. The van der Waals surface area contributed by atoms with Gasteiger partial charge in [-0.05, 0) is 18.6 Å². The predicted molar refractivity (Wildman–Crippen MR) is 48.6 cm³/mol. The highest BCUT2D eigenvalue weighted by Crippen LogP contribution is 2.13. The van der Waals surface area contributed by atoms with Gasteiger partial charge >= 0.3 is 0 Å². The number of Topliss-reactive ketones (excluding diaryl/α,β-unsaturated/α-hetero) is 1. The van der Waals surface area contributed by atoms with Gasteiger partial charge in [0, 0.05) is 18.2 Å². The Bertz CT molecular complexity index is 309. The number of ketones is 1. The second kappa shape index (κ2) is 3.68. The fraction of sp³-hybridized carbons (Fsp3) is 0.333. The summed E-state index contributed by atoms with van der Waals surface area (Å²) in [5.74, 6) is 0.108. The van der Waals surface area contributed by atoms with Gasteiger partial charge < -0.3 is 0 Å². The number of hydrogen-bond acceptors (Lipinski definition) is 2. The Hall–Kier alpha value is -0.890. The summed E-state index contributed by atoms with van der Waals surface area (Å²) in [5, 5.41) is 0.373. The topological polar surface area (TPSA) is 30.0 Å². The van der Waals surface area contributed by atoms with Gasteiger partial charge in [-0.15, -0.1) is 0 Å². The van der Waals surface area contributed by atoms with Crippen molar-refractivity contribution in [1.29, 1.82) is 0 Å². The molecule has 0 aliphatic rings. The first-order valence-corrected chi connectivity index (χ1v) is 4.18. The van der Waals surface area contributed by atoms with Crippen molar-refractivity contribution in [1.82, 2.24) is 4.98 Å². The molecule has 0 aliphatic heterocycles. The lowest BCUT2D eigenvalue weighted by atomic mass is 10.1. The molecular formula is C9H10ClNO. The molecular weight excluding hydrogens is 174 g/mol. The highest BCUT2D eigenvalue weighted by molar-refractivity contribution is 6.29. The third kappa shape index (κ3) is 1.83. The Labute approximate surface area is 76.6 Å². The Morgan fingerprint density at radius 1 is 1.67 bits per heavy atom. The van der Waals surface area contributed by atoms with Crippen LogP contribution < -0.4 is 0 Å². The van der Waals surface area contributed by atoms with E-state index in [-0.39, 0.29) is 5.78 Å². The van der Waals surface area contributed by atoms with Gasteiger partial charge in [-0.3, -0.25) is 4.79 Å². The number of carbonyl (C=O) groups is 1. The molecule has 0 radical (unpaired) electrons. The normalized spacial score (nSPS) is 9.92. The average molecular weight is 184 g/mol. The maximum Gasteiger partial charge on any atom is 0.163 e. The average Bonchev–Trinajstić information content (AvgIpc) is 2.08. The van der Waals surface area contributed by atoms with E-state index in [0.29, 0.717) is 17.1 Å². The van der Waals surface area contributed by atoms with Crippen molar-refractivity contribution in [2.24, 2.45) is 0 Å². The maximum atomic E-state index is 11.3. The van der Waals surface area contributed by atoms with E-state index in [4.69, 9.17) is 11.6 Å². The highest BCUT2D eigenvalue weighted by Gasteiger charge is 2.07. The van der Waals surface area contributed by atoms with Crippen LogP contribution >= 0.6 is 11.6 Å². The summed E-state index contributed by atoms with van der Waals surface area (Å²) in [6.45, 7) is 3.68. The Morgan fingerprint density at radius 3 is 2.92 bits per heavy atom. The number of rotatable bonds is 2. The SMILES string of the molecule is CCC(=O)c1cc(Cl)ncc1C. The molecule has 64 valence electrons. The molecule has 0 bridgehead atoms. The van der Waals surface area contributed by atoms with Crippen molar-refractivity contribution in [2.45, 2.75) is 20.3 Å². The molecule has 1 rings (SSSR count). The Morgan fingerprint density at radius 2 is 2.33 bits per heavy atom. The highest BCUT2D eigenvalue weighted by atomic mass is 35.5. The van der Waals surface area contributed by atoms with Crippen LogP contribution in [0.2, 0.25) is 5.15 Å². The molecule has 0 unspecified atom stereocenters. The minimum absolute atomic E-state index is 0.108. The van der Waals surface area contributed by atoms with Gasteiger partial charge in [0.05, 0.1) is 0 Å². The minimum atomic E-state index is 0.108. The molecule has 0 N–H and O–H groups in total. The molecule has 0 saturated heterocycles. The molecule has 0 aromatic carbocycles. The predicted octanol–water partition coefficient (Wildman–Crippen LogP) is 2.64. The van der Waals surface area contributed by atoms with Crippen molar-refractivity contribution in [2.75, 3.05) is 0 Å². The second-order valence-electron chi connectivity index (χ2n) is 2.60. The molecule has 0 spiro atoms. The smallest absolute Gasteiger partial charge is 0.163 e. The molecule has 0 aliphatic carbocycles. The lowest BCUT2D eigenvalue weighted by molar-refractivity contribution is 0.0987. The van der Waals surface area contributed by atoms with Gasteiger partial charge in [0.1, 0.15) is 5.15 Å². The van der Waals surface area contributed by atoms with Gasteiger partial charge in [-0.2, -0.15) is 0 Å². The van der Waals surface area contributed by atoms with Gasteiger partial charge in [-0.25, -0.2) is 4.98 Å². The number of halogens is 1. The fourth-order valence-electron chi connectivity index (χ4n) is 0.989. The number of nitrogens with zero attached hydrogens (tertiary/aromatic N) is 1. The standard InChI is InChI=1S/C9H10ClNO/c1-3-8(12)7-4-9(10)11-5-6(7)2/h4-5H,3H2,1-2H3. The number of carbonyl (C=O) groups excluding carboxylic acids is 1. The number of pyridine rings is 1. The van der Waals surface area contributed by atoms with E-state index >= 15 is 0 Å². The van der Waals surface area contributed by atoms with Gasteiger partial charge in [0.25, 0.3) is 0 Å². The molecule has 1 aromatic rings. The van der Waals surface area contributed by atoms with Crippen LogP contribution in [-0.4, -0.2) is 10.8 Å². The van der Waals surface area contributed by atoms with Gasteiger partial charge in [0.2, 0.25) is 0 Å². The van der Waals surface area contributed by atoms with Crippen LogP contribution in [0, 0.1) is 6.92 Å². The summed E-state index contributed by atoms with van der Waals surface area (Å²) in [7, 11) is 0. The van der Waals surface area contributed by atoms with E-state index in [2.05, 4.69) is 4.98 Å². The monoisotopic (exact) mass is 183 g/mol. The molecule has 1 aromatic heterocycles. The second-order valence-corrected chi connectivity index (χ2v) is 2.99. The molecule has 12 heavy (non-hydrogen) atoms. The summed E-state index contributed by atoms with van der Waals surface area (Å²) in [5.41, 5.74) is 1.56. The van der Waals surface area contributed by atoms with Crippen LogP contribution in [0.4, 0.5) is 0 Å². The van der Waals surface area contributed by atoms with E-state index in [0.717, 1.165) is 5.56 Å². The Balaban J connectivity index is 3.13.